The standard InChI is InChI=1S/C23H27N5O2/c1-22(2,3)15-4-6-16(7-5-15)23(10-11-23)21(30)25-18-13-28(14-19(18)29)20-9-8-17(12-24)26-27-20/h4-9,18-19,29H,10-11,13-14H2,1-3H3,(H,25,30)/t18-,19-/m1/s1. The minimum Gasteiger partial charge on any atom is -0.389 e. The Labute approximate surface area is 176 Å². The van der Waals surface area contributed by atoms with Gasteiger partial charge < -0.3 is 15.3 Å². The van der Waals surface area contributed by atoms with E-state index in [1.807, 2.05) is 11.0 Å². The maximum atomic E-state index is 13.1. The zero-order valence-corrected chi connectivity index (χ0v) is 17.6. The molecule has 1 aromatic carbocycles. The van der Waals surface area contributed by atoms with Crippen LogP contribution >= 0.6 is 0 Å². The second kappa shape index (κ2) is 7.37. The van der Waals surface area contributed by atoms with Crippen molar-refractivity contribution in [2.75, 3.05) is 18.0 Å². The molecule has 2 aliphatic rings. The van der Waals surface area contributed by atoms with Crippen LogP contribution in [0.15, 0.2) is 36.4 Å². The molecule has 0 spiro atoms. The molecule has 7 nitrogen and oxygen atoms in total. The fourth-order valence-corrected chi connectivity index (χ4v) is 4.04. The van der Waals surface area contributed by atoms with E-state index in [0.717, 1.165) is 18.4 Å². The molecule has 1 amide bonds. The van der Waals surface area contributed by atoms with Crippen molar-refractivity contribution in [3.8, 4) is 6.07 Å². The molecule has 1 aliphatic heterocycles. The number of nitriles is 1. The van der Waals surface area contributed by atoms with Gasteiger partial charge in [0.1, 0.15) is 6.07 Å². The molecule has 2 atom stereocenters. The lowest BCUT2D eigenvalue weighted by Gasteiger charge is -2.23. The molecule has 2 fully saturated rings. The monoisotopic (exact) mass is 405 g/mol. The number of aliphatic hydroxyl groups is 1. The number of carbonyl (C=O) groups excluding carboxylic acids is 1. The first-order valence-corrected chi connectivity index (χ1v) is 10.3. The molecule has 0 unspecified atom stereocenters. The van der Waals surface area contributed by atoms with E-state index in [1.54, 1.807) is 12.1 Å². The van der Waals surface area contributed by atoms with Gasteiger partial charge >= 0.3 is 0 Å². The van der Waals surface area contributed by atoms with Crippen molar-refractivity contribution in [2.45, 2.75) is 56.6 Å². The Hall–Kier alpha value is -2.98. The number of aromatic nitrogens is 2. The van der Waals surface area contributed by atoms with E-state index >= 15 is 0 Å². The molecular weight excluding hydrogens is 378 g/mol. The average molecular weight is 406 g/mol. The molecule has 30 heavy (non-hydrogen) atoms. The van der Waals surface area contributed by atoms with Gasteiger partial charge in [-0.15, -0.1) is 10.2 Å². The van der Waals surface area contributed by atoms with Gasteiger partial charge in [0, 0.05) is 13.1 Å². The van der Waals surface area contributed by atoms with Gasteiger partial charge in [0.05, 0.1) is 17.6 Å². The lowest BCUT2D eigenvalue weighted by Crippen LogP contribution is -2.47. The average Bonchev–Trinajstić information content (AvgIpc) is 3.47. The molecular formula is C23H27N5O2. The van der Waals surface area contributed by atoms with Crippen LogP contribution in [0.2, 0.25) is 0 Å². The number of hydrogen-bond donors (Lipinski definition) is 2. The molecule has 2 N–H and O–H groups in total. The molecule has 1 saturated heterocycles. The molecule has 4 rings (SSSR count). The maximum absolute atomic E-state index is 13.1. The van der Waals surface area contributed by atoms with E-state index in [2.05, 4.69) is 60.6 Å². The third kappa shape index (κ3) is 3.75. The van der Waals surface area contributed by atoms with Crippen LogP contribution in [0.5, 0.6) is 0 Å². The van der Waals surface area contributed by atoms with Crippen LogP contribution in [0.3, 0.4) is 0 Å². The van der Waals surface area contributed by atoms with Crippen LogP contribution in [0, 0.1) is 11.3 Å². The van der Waals surface area contributed by atoms with Crippen LogP contribution in [0.1, 0.15) is 50.4 Å². The highest BCUT2D eigenvalue weighted by molar-refractivity contribution is 5.91. The Morgan fingerprint density at radius 1 is 1.17 bits per heavy atom. The number of nitrogens with one attached hydrogen (secondary N) is 1. The number of β-amino-alcohol motifs (C(OH)–C–C–N with tert-alkyl or cyclic N) is 1. The summed E-state index contributed by atoms with van der Waals surface area (Å²) in [6.07, 6.45) is 0.952. The summed E-state index contributed by atoms with van der Waals surface area (Å²) in [6, 6.07) is 13.2. The Balaban J connectivity index is 1.44. The highest BCUT2D eigenvalue weighted by Crippen LogP contribution is 2.48. The highest BCUT2D eigenvalue weighted by Gasteiger charge is 2.52. The van der Waals surface area contributed by atoms with Gasteiger partial charge in [-0.25, -0.2) is 0 Å². The molecule has 0 bridgehead atoms. The van der Waals surface area contributed by atoms with E-state index in [-0.39, 0.29) is 23.1 Å². The van der Waals surface area contributed by atoms with Crippen molar-refractivity contribution in [3.05, 3.63) is 53.2 Å². The van der Waals surface area contributed by atoms with Crippen molar-refractivity contribution in [2.24, 2.45) is 0 Å². The summed E-state index contributed by atoms with van der Waals surface area (Å²) >= 11 is 0. The number of carbonyl (C=O) groups is 1. The van der Waals surface area contributed by atoms with Crippen molar-refractivity contribution < 1.29 is 9.90 Å². The summed E-state index contributed by atoms with van der Waals surface area (Å²) in [5.41, 5.74) is 2.11. The molecule has 1 aliphatic carbocycles. The normalized spacial score (nSPS) is 22.4. The molecule has 7 heteroatoms. The highest BCUT2D eigenvalue weighted by atomic mass is 16.3. The van der Waals surface area contributed by atoms with Crippen LogP contribution in [0.25, 0.3) is 0 Å². The van der Waals surface area contributed by atoms with Crippen LogP contribution < -0.4 is 10.2 Å². The Morgan fingerprint density at radius 2 is 1.87 bits per heavy atom. The number of aliphatic hydroxyl groups excluding tert-OH is 1. The molecule has 156 valence electrons. The van der Waals surface area contributed by atoms with Gasteiger partial charge in [-0.05, 0) is 41.5 Å². The molecule has 2 aromatic rings. The van der Waals surface area contributed by atoms with Gasteiger partial charge in [-0.2, -0.15) is 5.26 Å². The Morgan fingerprint density at radius 3 is 2.40 bits per heavy atom. The lowest BCUT2D eigenvalue weighted by molar-refractivity contribution is -0.124. The first-order valence-electron chi connectivity index (χ1n) is 10.3. The smallest absolute Gasteiger partial charge is 0.231 e. The SMILES string of the molecule is CC(C)(C)c1ccc(C2(C(=O)N[C@@H]3CN(c4ccc(C#N)nn4)C[C@H]3O)CC2)cc1. The van der Waals surface area contributed by atoms with Crippen molar-refractivity contribution in [1.29, 1.82) is 5.26 Å². The second-order valence-corrected chi connectivity index (χ2v) is 9.35. The Bertz CT molecular complexity index is 969. The van der Waals surface area contributed by atoms with E-state index in [1.165, 1.54) is 5.56 Å². The number of amides is 1. The number of benzene rings is 1. The van der Waals surface area contributed by atoms with Gasteiger partial charge in [-0.3, -0.25) is 4.79 Å². The van der Waals surface area contributed by atoms with E-state index in [4.69, 9.17) is 5.26 Å². The zero-order chi connectivity index (χ0) is 21.5. The van der Waals surface area contributed by atoms with E-state index < -0.39 is 11.5 Å². The second-order valence-electron chi connectivity index (χ2n) is 9.35. The van der Waals surface area contributed by atoms with Crippen LogP contribution in [0.4, 0.5) is 5.82 Å². The van der Waals surface area contributed by atoms with Crippen molar-refractivity contribution in [1.82, 2.24) is 15.5 Å². The summed E-state index contributed by atoms with van der Waals surface area (Å²) in [4.78, 5) is 15.0. The summed E-state index contributed by atoms with van der Waals surface area (Å²) in [5.74, 6) is 0.562. The van der Waals surface area contributed by atoms with Crippen LogP contribution in [-0.4, -0.2) is 46.4 Å². The lowest BCUT2D eigenvalue weighted by atomic mass is 9.85. The third-order valence-corrected chi connectivity index (χ3v) is 6.18. The zero-order valence-electron chi connectivity index (χ0n) is 17.6. The van der Waals surface area contributed by atoms with E-state index in [9.17, 15) is 9.90 Å². The van der Waals surface area contributed by atoms with Gasteiger partial charge in [0.15, 0.2) is 11.5 Å². The Kier molecular flexibility index (Phi) is 4.99. The minimum absolute atomic E-state index is 0.0252. The van der Waals surface area contributed by atoms with Crippen molar-refractivity contribution in [3.63, 3.8) is 0 Å². The number of nitrogens with zero attached hydrogens (tertiary/aromatic N) is 4. The summed E-state index contributed by atoms with van der Waals surface area (Å²) in [7, 11) is 0. The molecule has 0 radical (unpaired) electrons. The third-order valence-electron chi connectivity index (χ3n) is 6.18. The topological polar surface area (TPSA) is 102 Å². The fraction of sp³-hybridized carbons (Fsp3) is 0.478. The number of anilines is 1. The number of hydrogen-bond acceptors (Lipinski definition) is 6. The summed E-state index contributed by atoms with van der Waals surface area (Å²) in [5, 5.41) is 30.3. The summed E-state index contributed by atoms with van der Waals surface area (Å²) in [6.45, 7) is 7.33. The molecule has 1 saturated carbocycles. The van der Waals surface area contributed by atoms with Gasteiger partial charge in [-0.1, -0.05) is 45.0 Å². The first-order chi connectivity index (χ1) is 14.2. The molecule has 1 aromatic heterocycles. The first kappa shape index (κ1) is 20.3. The van der Waals surface area contributed by atoms with Crippen LogP contribution in [-0.2, 0) is 15.6 Å². The maximum Gasteiger partial charge on any atom is 0.231 e. The minimum atomic E-state index is -0.689. The largest absolute Gasteiger partial charge is 0.389 e. The van der Waals surface area contributed by atoms with Gasteiger partial charge in [0.2, 0.25) is 5.91 Å². The van der Waals surface area contributed by atoms with E-state index in [0.29, 0.717) is 18.9 Å². The predicted octanol–water partition coefficient (Wildman–Crippen LogP) is 2.04. The van der Waals surface area contributed by atoms with Crippen molar-refractivity contribution >= 4 is 11.7 Å². The fourth-order valence-electron chi connectivity index (χ4n) is 4.04. The van der Waals surface area contributed by atoms with Gasteiger partial charge in [0.25, 0.3) is 0 Å². The number of rotatable bonds is 4. The summed E-state index contributed by atoms with van der Waals surface area (Å²) < 4.78 is 0. The quantitative estimate of drug-likeness (QED) is 0.807. The molecule has 2 heterocycles. The predicted molar refractivity (Wildman–Crippen MR) is 113 cm³/mol.